The molecule has 0 heterocycles. The van der Waals surface area contributed by atoms with Crippen molar-refractivity contribution in [1.82, 2.24) is 10.6 Å². The van der Waals surface area contributed by atoms with E-state index >= 15 is 0 Å². The fraction of sp³-hybridized carbons (Fsp3) is 0.269. The lowest BCUT2D eigenvalue weighted by atomic mass is 10.1. The van der Waals surface area contributed by atoms with E-state index in [-0.39, 0.29) is 29.8 Å². The van der Waals surface area contributed by atoms with Crippen LogP contribution < -0.4 is 10.6 Å². The highest BCUT2D eigenvalue weighted by Crippen LogP contribution is 2.14. The van der Waals surface area contributed by atoms with E-state index in [0.29, 0.717) is 18.5 Å². The zero-order valence-electron chi connectivity index (χ0n) is 21.0. The van der Waals surface area contributed by atoms with Gasteiger partial charge in [-0.2, -0.15) is 9.98 Å². The number of carboxylic acids is 1. The standard InChI is InChI=1S/C26H24N4O10/c31-15-28-19-8-4-17(5-9-19)25(37)39-13-22(33)27-12-2-1-3-21(24(35)36)30-23(34)14-40-26(38)18-6-10-20(11-7-18)29-16-32/h4-11,21H,1-3,12-14H2,(H,27,33)(H,30,34)(H,35,36). The highest BCUT2D eigenvalue weighted by Gasteiger charge is 2.20. The van der Waals surface area contributed by atoms with Crippen LogP contribution in [0.2, 0.25) is 0 Å². The second kappa shape index (κ2) is 16.4. The molecule has 0 aliphatic rings. The Labute approximate surface area is 227 Å². The highest BCUT2D eigenvalue weighted by atomic mass is 16.5. The summed E-state index contributed by atoms with van der Waals surface area (Å²) < 4.78 is 9.77. The quantitative estimate of drug-likeness (QED) is 0.125. The second-order valence-corrected chi connectivity index (χ2v) is 7.96. The minimum atomic E-state index is -1.28. The van der Waals surface area contributed by atoms with E-state index in [1.165, 1.54) is 60.7 Å². The number of carboxylic acid groups (broad SMARTS) is 1. The zero-order chi connectivity index (χ0) is 29.3. The van der Waals surface area contributed by atoms with Crippen LogP contribution in [0.3, 0.4) is 0 Å². The lowest BCUT2D eigenvalue weighted by molar-refractivity contribution is -0.142. The summed E-state index contributed by atoms with van der Waals surface area (Å²) in [5, 5.41) is 14.1. The zero-order valence-corrected chi connectivity index (χ0v) is 21.0. The Morgan fingerprint density at radius 1 is 0.750 bits per heavy atom. The Morgan fingerprint density at radius 2 is 1.23 bits per heavy atom. The first kappa shape index (κ1) is 30.8. The third-order valence-electron chi connectivity index (χ3n) is 5.10. The van der Waals surface area contributed by atoms with Crippen molar-refractivity contribution in [3.63, 3.8) is 0 Å². The molecular weight excluding hydrogens is 528 g/mol. The second-order valence-electron chi connectivity index (χ2n) is 7.96. The van der Waals surface area contributed by atoms with Crippen LogP contribution in [0.4, 0.5) is 11.4 Å². The van der Waals surface area contributed by atoms with Gasteiger partial charge in [0.25, 0.3) is 11.8 Å². The van der Waals surface area contributed by atoms with Gasteiger partial charge in [0.15, 0.2) is 13.2 Å². The predicted octanol–water partition coefficient (Wildman–Crippen LogP) is 1.49. The van der Waals surface area contributed by atoms with E-state index in [0.717, 1.165) is 0 Å². The van der Waals surface area contributed by atoms with Crippen LogP contribution >= 0.6 is 0 Å². The molecular formula is C26H24N4O10. The summed E-state index contributed by atoms with van der Waals surface area (Å²) in [7, 11) is 0. The van der Waals surface area contributed by atoms with Gasteiger partial charge in [-0.05, 0) is 67.8 Å². The van der Waals surface area contributed by atoms with Gasteiger partial charge >= 0.3 is 17.9 Å². The van der Waals surface area contributed by atoms with Crippen LogP contribution in [0.1, 0.15) is 40.0 Å². The largest absolute Gasteiger partial charge is 0.480 e. The Morgan fingerprint density at radius 3 is 1.68 bits per heavy atom. The minimum Gasteiger partial charge on any atom is -0.480 e. The Kier molecular flexibility index (Phi) is 12.6. The molecule has 1 atom stereocenters. The molecule has 0 aromatic heterocycles. The molecule has 2 aromatic rings. The number of nitrogens with zero attached hydrogens (tertiary/aromatic N) is 2. The number of benzene rings is 2. The number of aliphatic imine (C=N–C) groups is 2. The first-order valence-corrected chi connectivity index (χ1v) is 11.7. The van der Waals surface area contributed by atoms with E-state index in [1.807, 2.05) is 0 Å². The van der Waals surface area contributed by atoms with Gasteiger partial charge in [-0.25, -0.2) is 24.0 Å². The van der Waals surface area contributed by atoms with Crippen LogP contribution in [-0.2, 0) is 33.4 Å². The van der Waals surface area contributed by atoms with Gasteiger partial charge in [0, 0.05) is 6.54 Å². The number of carbonyl (C=O) groups excluding carboxylic acids is 6. The first-order valence-electron chi connectivity index (χ1n) is 11.7. The number of unbranched alkanes of at least 4 members (excludes halogenated alkanes) is 1. The number of nitrogens with one attached hydrogen (secondary N) is 2. The smallest absolute Gasteiger partial charge is 0.338 e. The number of isocyanates is 2. The maximum absolute atomic E-state index is 12.1. The van der Waals surface area contributed by atoms with Gasteiger partial charge in [0.05, 0.1) is 22.5 Å². The number of carbonyl (C=O) groups is 5. The lowest BCUT2D eigenvalue weighted by Gasteiger charge is -2.14. The molecule has 0 radical (unpaired) electrons. The topological polar surface area (TPSA) is 207 Å². The van der Waals surface area contributed by atoms with E-state index < -0.39 is 49.0 Å². The van der Waals surface area contributed by atoms with Gasteiger partial charge in [0.2, 0.25) is 12.2 Å². The lowest BCUT2D eigenvalue weighted by Crippen LogP contribution is -2.42. The number of rotatable bonds is 15. The normalized spacial score (nSPS) is 10.6. The molecule has 0 saturated carbocycles. The van der Waals surface area contributed by atoms with Crippen molar-refractivity contribution in [3.8, 4) is 0 Å². The number of ether oxygens (including phenoxy) is 2. The SMILES string of the molecule is O=C=Nc1ccc(C(=O)OCC(=O)NCCCCC(NC(=O)COC(=O)c2ccc(N=C=O)cc2)C(=O)O)cc1. The minimum absolute atomic E-state index is 0.0444. The van der Waals surface area contributed by atoms with E-state index in [9.17, 15) is 38.7 Å². The molecule has 0 bridgehead atoms. The monoisotopic (exact) mass is 552 g/mol. The Bertz CT molecular complexity index is 1310. The van der Waals surface area contributed by atoms with Gasteiger partial charge in [-0.1, -0.05) is 0 Å². The van der Waals surface area contributed by atoms with Crippen molar-refractivity contribution in [3.05, 3.63) is 59.7 Å². The number of aliphatic carboxylic acids is 1. The Hall–Kier alpha value is -5.45. The van der Waals surface area contributed by atoms with E-state index in [2.05, 4.69) is 20.6 Å². The van der Waals surface area contributed by atoms with Crippen molar-refractivity contribution in [2.75, 3.05) is 19.8 Å². The average molecular weight is 552 g/mol. The van der Waals surface area contributed by atoms with Gasteiger partial charge < -0.3 is 25.2 Å². The summed E-state index contributed by atoms with van der Waals surface area (Å²) in [4.78, 5) is 86.6. The average Bonchev–Trinajstić information content (AvgIpc) is 2.94. The molecule has 2 rings (SSSR count). The van der Waals surface area contributed by atoms with Crippen LogP contribution in [0.5, 0.6) is 0 Å². The van der Waals surface area contributed by atoms with Gasteiger partial charge in [0.1, 0.15) is 6.04 Å². The summed E-state index contributed by atoms with van der Waals surface area (Å²) in [5.41, 5.74) is 0.852. The number of hydrogen-bond acceptors (Lipinski definition) is 11. The molecule has 2 amide bonds. The molecule has 0 aliphatic carbocycles. The molecule has 3 N–H and O–H groups in total. The summed E-state index contributed by atoms with van der Waals surface area (Å²) in [6.45, 7) is -1.07. The summed E-state index contributed by atoms with van der Waals surface area (Å²) in [5.74, 6) is -4.24. The molecule has 208 valence electrons. The summed E-state index contributed by atoms with van der Waals surface area (Å²) in [6.07, 6.45) is 3.47. The molecule has 2 aromatic carbocycles. The Balaban J connectivity index is 1.65. The third-order valence-corrected chi connectivity index (χ3v) is 5.10. The molecule has 14 heteroatoms. The predicted molar refractivity (Wildman–Crippen MR) is 135 cm³/mol. The molecule has 0 spiro atoms. The molecule has 0 saturated heterocycles. The number of hydrogen-bond donors (Lipinski definition) is 3. The van der Waals surface area contributed by atoms with Crippen molar-refractivity contribution < 1.29 is 48.1 Å². The van der Waals surface area contributed by atoms with Crippen LogP contribution in [0, 0.1) is 0 Å². The summed E-state index contributed by atoms with van der Waals surface area (Å²) >= 11 is 0. The van der Waals surface area contributed by atoms with Gasteiger partial charge in [-0.3, -0.25) is 9.59 Å². The van der Waals surface area contributed by atoms with Crippen molar-refractivity contribution in [2.45, 2.75) is 25.3 Å². The van der Waals surface area contributed by atoms with Crippen molar-refractivity contribution in [2.24, 2.45) is 9.98 Å². The van der Waals surface area contributed by atoms with Crippen molar-refractivity contribution in [1.29, 1.82) is 0 Å². The summed E-state index contributed by atoms with van der Waals surface area (Å²) in [6, 6.07) is 9.78. The number of amides is 2. The third kappa shape index (κ3) is 10.9. The van der Waals surface area contributed by atoms with Crippen LogP contribution in [-0.4, -0.2) is 72.8 Å². The maximum Gasteiger partial charge on any atom is 0.338 e. The van der Waals surface area contributed by atoms with E-state index in [1.54, 1.807) is 0 Å². The highest BCUT2D eigenvalue weighted by molar-refractivity contribution is 5.92. The van der Waals surface area contributed by atoms with Crippen LogP contribution in [0.15, 0.2) is 58.5 Å². The molecule has 40 heavy (non-hydrogen) atoms. The fourth-order valence-corrected chi connectivity index (χ4v) is 3.12. The van der Waals surface area contributed by atoms with Crippen molar-refractivity contribution >= 4 is 53.3 Å². The van der Waals surface area contributed by atoms with E-state index in [4.69, 9.17) is 9.47 Å². The number of esters is 2. The maximum atomic E-state index is 12.1. The molecule has 1 unspecified atom stereocenters. The molecule has 0 aliphatic heterocycles. The fourth-order valence-electron chi connectivity index (χ4n) is 3.12. The molecule has 0 fully saturated rings. The van der Waals surface area contributed by atoms with Gasteiger partial charge in [-0.15, -0.1) is 0 Å². The van der Waals surface area contributed by atoms with Crippen LogP contribution in [0.25, 0.3) is 0 Å². The first-order chi connectivity index (χ1) is 19.2. The molecule has 14 nitrogen and oxygen atoms in total.